The molecule has 2 aromatic heterocycles. The minimum Gasteiger partial charge on any atom is -0.487 e. The van der Waals surface area contributed by atoms with E-state index < -0.39 is 0 Å². The molecule has 27 heavy (non-hydrogen) atoms. The summed E-state index contributed by atoms with van der Waals surface area (Å²) < 4.78 is 5.93. The number of carbonyl (C=O) groups excluding carboxylic acids is 1. The van der Waals surface area contributed by atoms with E-state index in [1.165, 1.54) is 0 Å². The van der Waals surface area contributed by atoms with E-state index >= 15 is 0 Å². The van der Waals surface area contributed by atoms with E-state index in [4.69, 9.17) is 4.74 Å². The second-order valence-corrected chi connectivity index (χ2v) is 7.01. The molecule has 2 aromatic rings. The quantitative estimate of drug-likeness (QED) is 0.793. The predicted octanol–water partition coefficient (Wildman–Crippen LogP) is 1.28. The zero-order valence-corrected chi connectivity index (χ0v) is 15.4. The topological polar surface area (TPSA) is 61.8 Å². The minimum absolute atomic E-state index is 0.0548. The zero-order valence-electron chi connectivity index (χ0n) is 15.4. The summed E-state index contributed by atoms with van der Waals surface area (Å²) in [7, 11) is 0. The molecule has 1 atom stereocenters. The van der Waals surface area contributed by atoms with Crippen LogP contribution < -0.4 is 9.64 Å². The number of piperazine rings is 1. The van der Waals surface area contributed by atoms with Gasteiger partial charge in [0.15, 0.2) is 0 Å². The van der Waals surface area contributed by atoms with Crippen LogP contribution in [0.1, 0.15) is 6.42 Å². The van der Waals surface area contributed by atoms with Crippen molar-refractivity contribution >= 4 is 11.7 Å². The van der Waals surface area contributed by atoms with Crippen LogP contribution in [0.5, 0.6) is 5.75 Å². The third-order valence-corrected chi connectivity index (χ3v) is 5.14. The number of hydrogen-bond acceptors (Lipinski definition) is 6. The Bertz CT molecular complexity index is 735. The van der Waals surface area contributed by atoms with Crippen molar-refractivity contribution in [1.82, 2.24) is 19.8 Å². The van der Waals surface area contributed by atoms with Gasteiger partial charge in [-0.05, 0) is 24.3 Å². The van der Waals surface area contributed by atoms with Gasteiger partial charge < -0.3 is 14.5 Å². The van der Waals surface area contributed by atoms with Crippen LogP contribution in [-0.4, -0.2) is 77.6 Å². The average molecular weight is 367 g/mol. The summed E-state index contributed by atoms with van der Waals surface area (Å²) in [6.07, 6.45) is 6.19. The Morgan fingerprint density at radius 3 is 2.70 bits per heavy atom. The van der Waals surface area contributed by atoms with Crippen molar-refractivity contribution in [2.24, 2.45) is 0 Å². The molecule has 2 saturated heterocycles. The standard InChI is InChI=1S/C20H25N5O2/c26-20(25-9-6-18(15-25)27-17-4-3-7-21-14-17)16-23-10-12-24(13-11-23)19-5-1-2-8-22-19/h1-5,7-8,14,18H,6,9-13,15-16H2. The Morgan fingerprint density at radius 1 is 1.07 bits per heavy atom. The number of nitrogens with zero attached hydrogens (tertiary/aromatic N) is 5. The minimum atomic E-state index is 0.0548. The highest BCUT2D eigenvalue weighted by molar-refractivity contribution is 5.78. The highest BCUT2D eigenvalue weighted by atomic mass is 16.5. The van der Waals surface area contributed by atoms with Gasteiger partial charge in [0, 0.05) is 51.5 Å². The lowest BCUT2D eigenvalue weighted by Gasteiger charge is -2.35. The number of ether oxygens (including phenoxy) is 1. The maximum absolute atomic E-state index is 12.7. The third kappa shape index (κ3) is 4.54. The molecule has 0 saturated carbocycles. The van der Waals surface area contributed by atoms with Crippen molar-refractivity contribution in [3.8, 4) is 5.75 Å². The first-order valence-electron chi connectivity index (χ1n) is 9.51. The fourth-order valence-electron chi connectivity index (χ4n) is 3.63. The molecule has 0 bridgehead atoms. The van der Waals surface area contributed by atoms with E-state index in [0.29, 0.717) is 13.1 Å². The molecule has 0 aromatic carbocycles. The van der Waals surface area contributed by atoms with Crippen LogP contribution in [0.4, 0.5) is 5.82 Å². The summed E-state index contributed by atoms with van der Waals surface area (Å²) in [6.45, 7) is 5.46. The molecule has 0 radical (unpaired) electrons. The first kappa shape index (κ1) is 17.7. The number of anilines is 1. The van der Waals surface area contributed by atoms with Crippen LogP contribution in [-0.2, 0) is 4.79 Å². The molecule has 2 aliphatic rings. The van der Waals surface area contributed by atoms with Crippen LogP contribution in [0.3, 0.4) is 0 Å². The molecule has 7 heteroatoms. The Kier molecular flexibility index (Phi) is 5.48. The van der Waals surface area contributed by atoms with Crippen LogP contribution in [0.15, 0.2) is 48.9 Å². The molecule has 1 amide bonds. The lowest BCUT2D eigenvalue weighted by Crippen LogP contribution is -2.50. The summed E-state index contributed by atoms with van der Waals surface area (Å²) in [5.74, 6) is 1.97. The van der Waals surface area contributed by atoms with Gasteiger partial charge in [-0.3, -0.25) is 14.7 Å². The van der Waals surface area contributed by atoms with E-state index in [1.807, 2.05) is 41.4 Å². The number of hydrogen-bond donors (Lipinski definition) is 0. The normalized spacial score (nSPS) is 20.7. The molecule has 0 spiro atoms. The van der Waals surface area contributed by atoms with Gasteiger partial charge in [0.1, 0.15) is 17.7 Å². The Labute approximate surface area is 159 Å². The molecule has 7 nitrogen and oxygen atoms in total. The largest absolute Gasteiger partial charge is 0.487 e. The van der Waals surface area contributed by atoms with E-state index in [2.05, 4.69) is 19.8 Å². The fourth-order valence-corrected chi connectivity index (χ4v) is 3.63. The van der Waals surface area contributed by atoms with Crippen molar-refractivity contribution < 1.29 is 9.53 Å². The summed E-state index contributed by atoms with van der Waals surface area (Å²) in [5.41, 5.74) is 0. The highest BCUT2D eigenvalue weighted by Crippen LogP contribution is 2.18. The molecule has 2 fully saturated rings. The Balaban J connectivity index is 1.22. The lowest BCUT2D eigenvalue weighted by atomic mass is 10.3. The number of carbonyl (C=O) groups is 1. The van der Waals surface area contributed by atoms with Crippen molar-refractivity contribution in [1.29, 1.82) is 0 Å². The maximum Gasteiger partial charge on any atom is 0.236 e. The summed E-state index contributed by atoms with van der Waals surface area (Å²) >= 11 is 0. The second kappa shape index (κ2) is 8.35. The highest BCUT2D eigenvalue weighted by Gasteiger charge is 2.29. The Hall–Kier alpha value is -2.67. The van der Waals surface area contributed by atoms with Crippen LogP contribution in [0.2, 0.25) is 0 Å². The van der Waals surface area contributed by atoms with Crippen molar-refractivity contribution in [2.45, 2.75) is 12.5 Å². The number of rotatable bonds is 5. The van der Waals surface area contributed by atoms with E-state index in [-0.39, 0.29) is 12.0 Å². The van der Waals surface area contributed by atoms with Gasteiger partial charge in [-0.2, -0.15) is 0 Å². The monoisotopic (exact) mass is 367 g/mol. The van der Waals surface area contributed by atoms with Gasteiger partial charge in [0.2, 0.25) is 5.91 Å². The SMILES string of the molecule is O=C(CN1CCN(c2ccccn2)CC1)N1CCC(Oc2cccnc2)C1. The smallest absolute Gasteiger partial charge is 0.236 e. The van der Waals surface area contributed by atoms with E-state index in [1.54, 1.807) is 12.4 Å². The van der Waals surface area contributed by atoms with Crippen molar-refractivity contribution in [3.05, 3.63) is 48.9 Å². The van der Waals surface area contributed by atoms with Gasteiger partial charge in [-0.25, -0.2) is 4.98 Å². The van der Waals surface area contributed by atoms with E-state index in [9.17, 15) is 4.79 Å². The molecule has 0 aliphatic carbocycles. The molecule has 2 aliphatic heterocycles. The second-order valence-electron chi connectivity index (χ2n) is 7.01. The first-order chi connectivity index (χ1) is 13.3. The van der Waals surface area contributed by atoms with Gasteiger partial charge >= 0.3 is 0 Å². The molecule has 142 valence electrons. The van der Waals surface area contributed by atoms with Crippen molar-refractivity contribution in [2.75, 3.05) is 50.7 Å². The van der Waals surface area contributed by atoms with Gasteiger partial charge in [0.05, 0.1) is 19.3 Å². The fraction of sp³-hybridized carbons (Fsp3) is 0.450. The molecule has 4 rings (SSSR count). The number of pyridine rings is 2. The Morgan fingerprint density at radius 2 is 1.96 bits per heavy atom. The van der Waals surface area contributed by atoms with Crippen molar-refractivity contribution in [3.63, 3.8) is 0 Å². The molecular formula is C20H25N5O2. The number of amides is 1. The molecular weight excluding hydrogens is 342 g/mol. The van der Waals surface area contributed by atoms with Gasteiger partial charge in [-0.1, -0.05) is 6.07 Å². The average Bonchev–Trinajstić information content (AvgIpc) is 3.19. The van der Waals surface area contributed by atoms with E-state index in [0.717, 1.165) is 50.7 Å². The maximum atomic E-state index is 12.7. The summed E-state index contributed by atoms with van der Waals surface area (Å²) in [5, 5.41) is 0. The number of aromatic nitrogens is 2. The lowest BCUT2D eigenvalue weighted by molar-refractivity contribution is -0.131. The zero-order chi connectivity index (χ0) is 18.5. The predicted molar refractivity (Wildman–Crippen MR) is 103 cm³/mol. The van der Waals surface area contributed by atoms with Gasteiger partial charge in [0.25, 0.3) is 0 Å². The molecule has 4 heterocycles. The number of likely N-dealkylation sites (tertiary alicyclic amines) is 1. The third-order valence-electron chi connectivity index (χ3n) is 5.14. The van der Waals surface area contributed by atoms with Crippen LogP contribution in [0, 0.1) is 0 Å². The molecule has 0 N–H and O–H groups in total. The first-order valence-corrected chi connectivity index (χ1v) is 9.51. The van der Waals surface area contributed by atoms with Gasteiger partial charge in [-0.15, -0.1) is 0 Å². The summed E-state index contributed by atoms with van der Waals surface area (Å²) in [6, 6.07) is 9.74. The summed E-state index contributed by atoms with van der Waals surface area (Å²) in [4.78, 5) is 27.6. The molecule has 1 unspecified atom stereocenters. The van der Waals surface area contributed by atoms with Crippen LogP contribution in [0.25, 0.3) is 0 Å². The van der Waals surface area contributed by atoms with Crippen LogP contribution >= 0.6 is 0 Å².